The van der Waals surface area contributed by atoms with Crippen molar-refractivity contribution in [2.24, 2.45) is 0 Å². The first kappa shape index (κ1) is 18.0. The minimum Gasteiger partial charge on any atom is -0.492 e. The Labute approximate surface area is 169 Å². The van der Waals surface area contributed by atoms with Crippen molar-refractivity contribution in [3.05, 3.63) is 47.5 Å². The normalized spacial score (nSPS) is 21.2. The van der Waals surface area contributed by atoms with Gasteiger partial charge in [0.2, 0.25) is 0 Å². The second kappa shape index (κ2) is 7.37. The third-order valence-electron chi connectivity index (χ3n) is 5.89. The smallest absolute Gasteiger partial charge is 0.143 e. The molecule has 2 aliphatic rings. The van der Waals surface area contributed by atoms with E-state index < -0.39 is 0 Å². The highest BCUT2D eigenvalue weighted by atomic mass is 16.5. The zero-order chi connectivity index (χ0) is 19.8. The zero-order valence-electron chi connectivity index (χ0n) is 16.4. The molecule has 2 atom stereocenters. The van der Waals surface area contributed by atoms with E-state index in [9.17, 15) is 5.26 Å². The van der Waals surface area contributed by atoms with Crippen molar-refractivity contribution in [3.63, 3.8) is 0 Å². The summed E-state index contributed by atoms with van der Waals surface area (Å²) in [6, 6.07) is 8.31. The van der Waals surface area contributed by atoms with Crippen LogP contribution in [0.3, 0.4) is 0 Å². The number of aromatic nitrogens is 3. The van der Waals surface area contributed by atoms with Gasteiger partial charge in [0.05, 0.1) is 22.9 Å². The first-order valence-corrected chi connectivity index (χ1v) is 10.1. The molecule has 3 heterocycles. The fraction of sp³-hybridized carbons (Fsp3) is 0.409. The van der Waals surface area contributed by atoms with Crippen LogP contribution in [0.4, 0.5) is 0 Å². The molecule has 1 aliphatic carbocycles. The average Bonchev–Trinajstić information content (AvgIpc) is 3.29. The fourth-order valence-corrected chi connectivity index (χ4v) is 4.39. The fourth-order valence-electron chi connectivity index (χ4n) is 4.39. The van der Waals surface area contributed by atoms with Gasteiger partial charge >= 0.3 is 0 Å². The second-order valence-corrected chi connectivity index (χ2v) is 7.71. The van der Waals surface area contributed by atoms with Gasteiger partial charge in [-0.25, -0.2) is 9.97 Å². The summed E-state index contributed by atoms with van der Waals surface area (Å²) >= 11 is 0. The maximum absolute atomic E-state index is 9.39. The lowest BCUT2D eigenvalue weighted by atomic mass is 10.1. The van der Waals surface area contributed by atoms with Gasteiger partial charge in [0.25, 0.3) is 0 Å². The summed E-state index contributed by atoms with van der Waals surface area (Å²) in [7, 11) is 0. The molecular formula is C22H23N5O2. The van der Waals surface area contributed by atoms with E-state index in [4.69, 9.17) is 9.47 Å². The molecule has 2 unspecified atom stereocenters. The Morgan fingerprint density at radius 1 is 1.31 bits per heavy atom. The molecule has 0 spiro atoms. The van der Waals surface area contributed by atoms with Crippen molar-refractivity contribution >= 4 is 11.0 Å². The highest BCUT2D eigenvalue weighted by Crippen LogP contribution is 2.38. The lowest BCUT2D eigenvalue weighted by Crippen LogP contribution is -2.18. The van der Waals surface area contributed by atoms with Crippen LogP contribution in [0.25, 0.3) is 11.0 Å². The number of fused-ring (bicyclic) bond motifs is 2. The number of aryl methyl sites for hydroxylation is 1. The Hall–Kier alpha value is -3.11. The summed E-state index contributed by atoms with van der Waals surface area (Å²) in [6.45, 7) is 4.07. The van der Waals surface area contributed by atoms with E-state index in [1.54, 1.807) is 12.4 Å². The van der Waals surface area contributed by atoms with Crippen LogP contribution in [-0.4, -0.2) is 33.8 Å². The number of nitrogens with one attached hydrogen (secondary N) is 1. The highest BCUT2D eigenvalue weighted by molar-refractivity contribution is 5.78. The summed E-state index contributed by atoms with van der Waals surface area (Å²) in [5.74, 6) is 1.51. The summed E-state index contributed by atoms with van der Waals surface area (Å²) in [6.07, 6.45) is 6.75. The van der Waals surface area contributed by atoms with Gasteiger partial charge in [-0.2, -0.15) is 5.26 Å². The maximum Gasteiger partial charge on any atom is 0.143 e. The molecule has 1 N–H and O–H groups in total. The zero-order valence-corrected chi connectivity index (χ0v) is 16.4. The lowest BCUT2D eigenvalue weighted by molar-refractivity contribution is 0.201. The predicted octanol–water partition coefficient (Wildman–Crippen LogP) is 3.27. The standard InChI is InChI=1S/C22H23N5O2/c1-14-18-4-6-27(22(18)26-13-25-14)16-2-3-17(10-16)29-21-9-15(11-23)8-20-19(21)12-24-5-7-28-20/h4,6,8-9,13,16-17,24H,2-3,5,7,10,12H2,1H3. The average molecular weight is 389 g/mol. The first-order chi connectivity index (χ1) is 14.2. The van der Waals surface area contributed by atoms with Crippen molar-refractivity contribution < 1.29 is 9.47 Å². The van der Waals surface area contributed by atoms with Crippen LogP contribution in [0.2, 0.25) is 0 Å². The molecule has 0 bridgehead atoms. The summed E-state index contributed by atoms with van der Waals surface area (Å²) in [5.41, 5.74) is 3.56. The van der Waals surface area contributed by atoms with Crippen molar-refractivity contribution in [2.45, 2.75) is 44.9 Å². The summed E-state index contributed by atoms with van der Waals surface area (Å²) < 4.78 is 14.5. The number of nitriles is 1. The van der Waals surface area contributed by atoms with Crippen LogP contribution in [0.1, 0.15) is 42.1 Å². The van der Waals surface area contributed by atoms with Crippen molar-refractivity contribution in [1.29, 1.82) is 5.26 Å². The molecule has 0 radical (unpaired) electrons. The lowest BCUT2D eigenvalue weighted by Gasteiger charge is -2.19. The van der Waals surface area contributed by atoms with E-state index in [0.29, 0.717) is 24.8 Å². The number of ether oxygens (including phenoxy) is 2. The van der Waals surface area contributed by atoms with E-state index in [-0.39, 0.29) is 6.10 Å². The van der Waals surface area contributed by atoms with Gasteiger partial charge in [-0.15, -0.1) is 0 Å². The highest BCUT2D eigenvalue weighted by Gasteiger charge is 2.29. The summed E-state index contributed by atoms with van der Waals surface area (Å²) in [5, 5.41) is 13.9. The molecule has 2 aromatic heterocycles. The van der Waals surface area contributed by atoms with Crippen LogP contribution in [0.15, 0.2) is 30.7 Å². The van der Waals surface area contributed by atoms with Crippen LogP contribution < -0.4 is 14.8 Å². The summed E-state index contributed by atoms with van der Waals surface area (Å²) in [4.78, 5) is 8.79. The van der Waals surface area contributed by atoms with E-state index in [1.165, 1.54) is 0 Å². The van der Waals surface area contributed by atoms with Gasteiger partial charge < -0.3 is 19.4 Å². The number of hydrogen-bond acceptors (Lipinski definition) is 6. The van der Waals surface area contributed by atoms with E-state index >= 15 is 0 Å². The molecule has 1 aromatic carbocycles. The van der Waals surface area contributed by atoms with Crippen molar-refractivity contribution in [2.75, 3.05) is 13.2 Å². The topological polar surface area (TPSA) is 85.0 Å². The quantitative estimate of drug-likeness (QED) is 0.740. The molecule has 0 saturated heterocycles. The molecule has 148 valence electrons. The molecule has 3 aromatic rings. The second-order valence-electron chi connectivity index (χ2n) is 7.71. The number of benzene rings is 1. The Kier molecular flexibility index (Phi) is 4.57. The predicted molar refractivity (Wildman–Crippen MR) is 108 cm³/mol. The van der Waals surface area contributed by atoms with E-state index in [1.807, 2.05) is 13.0 Å². The SMILES string of the molecule is Cc1ncnc2c1ccn2C1CCC(Oc2cc(C#N)cc3c2CNCCO3)C1. The first-order valence-electron chi connectivity index (χ1n) is 10.1. The maximum atomic E-state index is 9.39. The number of rotatable bonds is 3. The Bertz CT molecular complexity index is 1100. The van der Waals surface area contributed by atoms with Crippen LogP contribution in [0, 0.1) is 18.3 Å². The Morgan fingerprint density at radius 2 is 2.24 bits per heavy atom. The monoisotopic (exact) mass is 389 g/mol. The molecule has 0 amide bonds. The molecule has 5 rings (SSSR count). The Balaban J connectivity index is 1.39. The van der Waals surface area contributed by atoms with E-state index in [0.717, 1.165) is 59.6 Å². The number of hydrogen-bond donors (Lipinski definition) is 1. The molecular weight excluding hydrogens is 366 g/mol. The minimum atomic E-state index is 0.0988. The van der Waals surface area contributed by atoms with Gasteiger partial charge in [-0.05, 0) is 38.0 Å². The third kappa shape index (κ3) is 3.30. The van der Waals surface area contributed by atoms with E-state index in [2.05, 4.69) is 38.2 Å². The van der Waals surface area contributed by atoms with Crippen molar-refractivity contribution in [3.8, 4) is 17.6 Å². The van der Waals surface area contributed by atoms with Crippen LogP contribution in [-0.2, 0) is 6.54 Å². The molecule has 7 nitrogen and oxygen atoms in total. The third-order valence-corrected chi connectivity index (χ3v) is 5.89. The van der Waals surface area contributed by atoms with Gasteiger partial charge in [0.15, 0.2) is 0 Å². The van der Waals surface area contributed by atoms with Gasteiger partial charge in [-0.3, -0.25) is 0 Å². The largest absolute Gasteiger partial charge is 0.492 e. The van der Waals surface area contributed by atoms with Gasteiger partial charge in [-0.1, -0.05) is 0 Å². The van der Waals surface area contributed by atoms with Gasteiger partial charge in [0, 0.05) is 37.1 Å². The Morgan fingerprint density at radius 3 is 3.14 bits per heavy atom. The van der Waals surface area contributed by atoms with Crippen LogP contribution >= 0.6 is 0 Å². The van der Waals surface area contributed by atoms with Crippen LogP contribution in [0.5, 0.6) is 11.5 Å². The van der Waals surface area contributed by atoms with Gasteiger partial charge in [0.1, 0.15) is 36.2 Å². The molecule has 1 saturated carbocycles. The van der Waals surface area contributed by atoms with Crippen molar-refractivity contribution in [1.82, 2.24) is 19.9 Å². The molecule has 1 aliphatic heterocycles. The molecule has 7 heteroatoms. The molecule has 1 fully saturated rings. The molecule has 29 heavy (non-hydrogen) atoms. The number of nitrogens with zero attached hydrogens (tertiary/aromatic N) is 4. The minimum absolute atomic E-state index is 0.0988.